The Morgan fingerprint density at radius 3 is 2.18 bits per heavy atom. The van der Waals surface area contributed by atoms with Crippen LogP contribution < -0.4 is 0 Å². The van der Waals surface area contributed by atoms with Crippen molar-refractivity contribution in [3.63, 3.8) is 0 Å². The van der Waals surface area contributed by atoms with Crippen LogP contribution in [0, 0.1) is 5.92 Å². The molecule has 0 aliphatic rings. The number of halogens is 2. The van der Waals surface area contributed by atoms with Gasteiger partial charge in [0.15, 0.2) is 0 Å². The third kappa shape index (κ3) is 3.57. The molecule has 0 aliphatic carbocycles. The van der Waals surface area contributed by atoms with Gasteiger partial charge in [0.25, 0.3) is 0 Å². The van der Waals surface area contributed by atoms with E-state index >= 15 is 0 Å². The monoisotopic (exact) mass is 277 g/mol. The molecule has 0 aromatic heterocycles. The Labute approximate surface area is 112 Å². The van der Waals surface area contributed by atoms with E-state index in [4.69, 9.17) is 23.2 Å². The normalized spacial score (nSPS) is 13.4. The van der Waals surface area contributed by atoms with Crippen molar-refractivity contribution in [1.82, 2.24) is 4.90 Å². The molecule has 1 aromatic carbocycles. The van der Waals surface area contributed by atoms with E-state index in [1.54, 1.807) is 12.1 Å². The van der Waals surface area contributed by atoms with Crippen LogP contribution in [0.15, 0.2) is 18.2 Å². The topological polar surface area (TPSA) is 43.7 Å². The molecule has 3 nitrogen and oxygen atoms in total. The van der Waals surface area contributed by atoms with Crippen molar-refractivity contribution < 1.29 is 10.2 Å². The van der Waals surface area contributed by atoms with Crippen LogP contribution in [0.2, 0.25) is 10.0 Å². The van der Waals surface area contributed by atoms with Crippen molar-refractivity contribution in [1.29, 1.82) is 0 Å². The SMILES string of the molecule is CN(C)C(c1ccc(Cl)cc1Cl)C(CO)CO. The van der Waals surface area contributed by atoms with Crippen LogP contribution >= 0.6 is 23.2 Å². The van der Waals surface area contributed by atoms with Crippen molar-refractivity contribution in [2.45, 2.75) is 6.04 Å². The molecule has 0 fully saturated rings. The minimum Gasteiger partial charge on any atom is -0.396 e. The first kappa shape index (κ1) is 14.7. The second-order valence-corrected chi connectivity index (χ2v) is 5.04. The summed E-state index contributed by atoms with van der Waals surface area (Å²) in [4.78, 5) is 1.92. The lowest BCUT2D eigenvalue weighted by molar-refractivity contribution is 0.0809. The Balaban J connectivity index is 3.13. The van der Waals surface area contributed by atoms with Gasteiger partial charge in [0.1, 0.15) is 0 Å². The van der Waals surface area contributed by atoms with Crippen LogP contribution in [-0.4, -0.2) is 42.4 Å². The predicted molar refractivity (Wildman–Crippen MR) is 70.6 cm³/mol. The lowest BCUT2D eigenvalue weighted by Crippen LogP contribution is -2.32. The van der Waals surface area contributed by atoms with Crippen molar-refractivity contribution >= 4 is 23.2 Å². The predicted octanol–water partition coefficient (Wildman–Crippen LogP) is 2.20. The Kier molecular flexibility index (Phi) is 5.70. The molecule has 1 unspecified atom stereocenters. The van der Waals surface area contributed by atoms with Crippen molar-refractivity contribution in [3.05, 3.63) is 33.8 Å². The number of nitrogens with zero attached hydrogens (tertiary/aromatic N) is 1. The first-order chi connectivity index (χ1) is 8.01. The summed E-state index contributed by atoms with van der Waals surface area (Å²) in [5, 5.41) is 19.7. The molecule has 1 aromatic rings. The third-order valence-corrected chi connectivity index (χ3v) is 3.32. The Bertz CT molecular complexity index is 368. The molecule has 1 atom stereocenters. The molecule has 0 heterocycles. The molecule has 0 saturated carbocycles. The minimum atomic E-state index is -0.274. The van der Waals surface area contributed by atoms with E-state index in [2.05, 4.69) is 0 Å². The summed E-state index contributed by atoms with van der Waals surface area (Å²) in [5.74, 6) is -0.274. The van der Waals surface area contributed by atoms with Crippen molar-refractivity contribution in [2.24, 2.45) is 5.92 Å². The van der Waals surface area contributed by atoms with E-state index < -0.39 is 0 Å². The number of benzene rings is 1. The van der Waals surface area contributed by atoms with E-state index in [0.29, 0.717) is 10.0 Å². The van der Waals surface area contributed by atoms with Gasteiger partial charge < -0.3 is 15.1 Å². The summed E-state index contributed by atoms with van der Waals surface area (Å²) in [5.41, 5.74) is 0.856. The molecule has 1 rings (SSSR count). The fraction of sp³-hybridized carbons (Fsp3) is 0.500. The number of hydrogen-bond acceptors (Lipinski definition) is 3. The Hall–Kier alpha value is -0.320. The molecular weight excluding hydrogens is 261 g/mol. The molecule has 2 N–H and O–H groups in total. The molecule has 5 heteroatoms. The van der Waals surface area contributed by atoms with Gasteiger partial charge in [-0.15, -0.1) is 0 Å². The Morgan fingerprint density at radius 1 is 1.18 bits per heavy atom. The van der Waals surface area contributed by atoms with Crippen LogP contribution in [0.25, 0.3) is 0 Å². The van der Waals surface area contributed by atoms with Gasteiger partial charge in [-0.3, -0.25) is 0 Å². The maximum atomic E-state index is 9.30. The van der Waals surface area contributed by atoms with E-state index in [1.807, 2.05) is 25.1 Å². The summed E-state index contributed by atoms with van der Waals surface area (Å²) >= 11 is 12.0. The third-order valence-electron chi connectivity index (χ3n) is 2.75. The molecule has 0 radical (unpaired) electrons. The highest BCUT2D eigenvalue weighted by Crippen LogP contribution is 2.33. The van der Waals surface area contributed by atoms with E-state index in [0.717, 1.165) is 5.56 Å². The Morgan fingerprint density at radius 2 is 1.76 bits per heavy atom. The van der Waals surface area contributed by atoms with E-state index in [1.165, 1.54) is 0 Å². The average Bonchev–Trinajstić information content (AvgIpc) is 2.26. The largest absolute Gasteiger partial charge is 0.396 e. The zero-order valence-corrected chi connectivity index (χ0v) is 11.4. The van der Waals surface area contributed by atoms with E-state index in [9.17, 15) is 10.2 Å². The highest BCUT2D eigenvalue weighted by atomic mass is 35.5. The van der Waals surface area contributed by atoms with E-state index in [-0.39, 0.29) is 25.2 Å². The number of rotatable bonds is 5. The van der Waals surface area contributed by atoms with Crippen LogP contribution in [0.5, 0.6) is 0 Å². The van der Waals surface area contributed by atoms with Crippen LogP contribution in [-0.2, 0) is 0 Å². The van der Waals surface area contributed by atoms with Gasteiger partial charge in [-0.1, -0.05) is 29.3 Å². The summed E-state index contributed by atoms with van der Waals surface area (Å²) in [6.45, 7) is -0.198. The van der Waals surface area contributed by atoms with Crippen molar-refractivity contribution in [2.75, 3.05) is 27.3 Å². The second kappa shape index (κ2) is 6.57. The minimum absolute atomic E-state index is 0.0989. The second-order valence-electron chi connectivity index (χ2n) is 4.20. The first-order valence-electron chi connectivity index (χ1n) is 5.34. The highest BCUT2D eigenvalue weighted by Gasteiger charge is 2.26. The molecule has 0 bridgehead atoms. The van der Waals surface area contributed by atoms with Gasteiger partial charge in [0.2, 0.25) is 0 Å². The summed E-state index contributed by atoms with van der Waals surface area (Å²) in [6, 6.07) is 5.11. The number of aliphatic hydroxyl groups is 2. The average molecular weight is 278 g/mol. The first-order valence-corrected chi connectivity index (χ1v) is 6.10. The van der Waals surface area contributed by atoms with Crippen LogP contribution in [0.1, 0.15) is 11.6 Å². The molecular formula is C12H17Cl2NO2. The summed E-state index contributed by atoms with van der Waals surface area (Å²) < 4.78 is 0. The van der Waals surface area contributed by atoms with Gasteiger partial charge in [-0.2, -0.15) is 0 Å². The van der Waals surface area contributed by atoms with Gasteiger partial charge in [0, 0.05) is 35.2 Å². The maximum absolute atomic E-state index is 9.30. The van der Waals surface area contributed by atoms with Crippen LogP contribution in [0.4, 0.5) is 0 Å². The molecule has 0 spiro atoms. The lowest BCUT2D eigenvalue weighted by atomic mass is 9.93. The number of hydrogen-bond donors (Lipinski definition) is 2. The standard InChI is InChI=1S/C12H17Cl2NO2/c1-15(2)12(8(6-16)7-17)10-4-3-9(13)5-11(10)14/h3-5,8,12,16-17H,6-7H2,1-2H3. The maximum Gasteiger partial charge on any atom is 0.0499 e. The molecule has 96 valence electrons. The van der Waals surface area contributed by atoms with Crippen LogP contribution in [0.3, 0.4) is 0 Å². The van der Waals surface area contributed by atoms with Gasteiger partial charge in [-0.25, -0.2) is 0 Å². The molecule has 0 aliphatic heterocycles. The molecule has 0 amide bonds. The zero-order valence-electron chi connectivity index (χ0n) is 9.90. The zero-order chi connectivity index (χ0) is 13.0. The quantitative estimate of drug-likeness (QED) is 0.867. The molecule has 17 heavy (non-hydrogen) atoms. The lowest BCUT2D eigenvalue weighted by Gasteiger charge is -2.31. The summed E-state index contributed by atoms with van der Waals surface area (Å²) in [6.07, 6.45) is 0. The fourth-order valence-electron chi connectivity index (χ4n) is 1.95. The van der Waals surface area contributed by atoms with Gasteiger partial charge in [0.05, 0.1) is 0 Å². The molecule has 0 saturated heterocycles. The van der Waals surface area contributed by atoms with Gasteiger partial charge in [-0.05, 0) is 31.8 Å². The number of aliphatic hydroxyl groups excluding tert-OH is 2. The van der Waals surface area contributed by atoms with Gasteiger partial charge >= 0.3 is 0 Å². The highest BCUT2D eigenvalue weighted by molar-refractivity contribution is 6.35. The summed E-state index contributed by atoms with van der Waals surface area (Å²) in [7, 11) is 3.77. The van der Waals surface area contributed by atoms with Crippen molar-refractivity contribution in [3.8, 4) is 0 Å². The smallest absolute Gasteiger partial charge is 0.0499 e. The fourth-order valence-corrected chi connectivity index (χ4v) is 2.47.